The number of nitrogens with two attached hydrogens (primary N) is 1. The number of carbonyl (C=O) groups is 1. The summed E-state index contributed by atoms with van der Waals surface area (Å²) < 4.78 is 13.1. The first-order chi connectivity index (χ1) is 13.8. The molecule has 1 aromatic carbocycles. The van der Waals surface area contributed by atoms with E-state index in [2.05, 4.69) is 15.5 Å². The number of hydrogen-bond acceptors (Lipinski definition) is 6. The van der Waals surface area contributed by atoms with Gasteiger partial charge < -0.3 is 20.5 Å². The van der Waals surface area contributed by atoms with Gasteiger partial charge in [-0.1, -0.05) is 35.8 Å². The minimum atomic E-state index is -1.04. The molecule has 9 heteroatoms. The fourth-order valence-corrected chi connectivity index (χ4v) is 2.89. The standard InChI is InChI=1S/C20H26BN5O3/c1-20(2,22)19(27)23-15(12-29-11-13-7-5-4-6-8-13)17-24-25-18-16(28-3)9-14(21)10-26(17)18/h4-10,15H,11-12,21-22H2,1-3H3,(H,23,27)/t15-/m1/s1. The number of ether oxygens (including phenoxy) is 2. The van der Waals surface area contributed by atoms with Crippen LogP contribution in [0.1, 0.15) is 31.3 Å². The van der Waals surface area contributed by atoms with E-state index >= 15 is 0 Å². The number of benzene rings is 1. The molecule has 0 saturated carbocycles. The average molecular weight is 395 g/mol. The van der Waals surface area contributed by atoms with Crippen molar-refractivity contribution in [3.8, 4) is 5.75 Å². The van der Waals surface area contributed by atoms with Crippen LogP contribution in [0.25, 0.3) is 5.65 Å². The Balaban J connectivity index is 1.89. The summed E-state index contributed by atoms with van der Waals surface area (Å²) in [7, 11) is 3.54. The number of pyridine rings is 1. The number of amides is 1. The van der Waals surface area contributed by atoms with Crippen LogP contribution in [0.2, 0.25) is 0 Å². The lowest BCUT2D eigenvalue weighted by atomic mass is 9.98. The third-order valence-electron chi connectivity index (χ3n) is 4.45. The number of methoxy groups -OCH3 is 1. The second-order valence-electron chi connectivity index (χ2n) is 7.59. The zero-order valence-electron chi connectivity index (χ0n) is 17.2. The summed E-state index contributed by atoms with van der Waals surface area (Å²) in [6, 6.07) is 11.2. The van der Waals surface area contributed by atoms with E-state index in [0.29, 0.717) is 23.8 Å². The summed E-state index contributed by atoms with van der Waals surface area (Å²) in [5, 5.41) is 11.5. The molecule has 0 fully saturated rings. The van der Waals surface area contributed by atoms with Crippen molar-refractivity contribution in [1.82, 2.24) is 19.9 Å². The maximum absolute atomic E-state index is 12.6. The fraction of sp³-hybridized carbons (Fsp3) is 0.350. The van der Waals surface area contributed by atoms with Gasteiger partial charge in [-0.25, -0.2) is 0 Å². The summed E-state index contributed by atoms with van der Waals surface area (Å²) in [4.78, 5) is 12.6. The van der Waals surface area contributed by atoms with Gasteiger partial charge in [0.15, 0.2) is 11.6 Å². The predicted octanol–water partition coefficient (Wildman–Crippen LogP) is 0.108. The van der Waals surface area contributed by atoms with Gasteiger partial charge in [-0.15, -0.1) is 10.2 Å². The van der Waals surface area contributed by atoms with Gasteiger partial charge in [-0.05, 0) is 25.5 Å². The van der Waals surface area contributed by atoms with Crippen LogP contribution < -0.4 is 21.3 Å². The Kier molecular flexibility index (Phi) is 6.19. The molecule has 29 heavy (non-hydrogen) atoms. The van der Waals surface area contributed by atoms with E-state index in [-0.39, 0.29) is 12.5 Å². The van der Waals surface area contributed by atoms with Crippen molar-refractivity contribution in [3.63, 3.8) is 0 Å². The SMILES string of the molecule is Bc1cc(OC)c2nnc([C@@H](COCc3ccccc3)NC(=O)C(C)(C)N)n2c1. The summed E-state index contributed by atoms with van der Waals surface area (Å²) in [6.07, 6.45) is 1.90. The minimum absolute atomic E-state index is 0.216. The van der Waals surface area contributed by atoms with Crippen LogP contribution in [0.3, 0.4) is 0 Å². The molecular formula is C20H26BN5O3. The minimum Gasteiger partial charge on any atom is -0.493 e. The van der Waals surface area contributed by atoms with Gasteiger partial charge in [0.2, 0.25) is 11.6 Å². The number of fused-ring (bicyclic) bond motifs is 1. The number of rotatable bonds is 8. The lowest BCUT2D eigenvalue weighted by molar-refractivity contribution is -0.126. The molecule has 0 aliphatic heterocycles. The third kappa shape index (κ3) is 4.93. The first-order valence-electron chi connectivity index (χ1n) is 9.40. The molecule has 1 atom stereocenters. The Bertz CT molecular complexity index is 985. The molecule has 0 unspecified atom stereocenters. The first-order valence-corrected chi connectivity index (χ1v) is 9.40. The van der Waals surface area contributed by atoms with Gasteiger partial charge in [0.1, 0.15) is 13.9 Å². The van der Waals surface area contributed by atoms with E-state index in [1.165, 1.54) is 0 Å². The summed E-state index contributed by atoms with van der Waals surface area (Å²) in [6.45, 7) is 3.94. The Morgan fingerprint density at radius 1 is 1.31 bits per heavy atom. The normalized spacial score (nSPS) is 12.7. The van der Waals surface area contributed by atoms with Crippen molar-refractivity contribution < 1.29 is 14.3 Å². The molecule has 0 aliphatic carbocycles. The molecule has 3 rings (SSSR count). The zero-order valence-corrected chi connectivity index (χ0v) is 17.2. The van der Waals surface area contributed by atoms with Crippen LogP contribution in [-0.2, 0) is 16.1 Å². The van der Waals surface area contributed by atoms with Crippen LogP contribution >= 0.6 is 0 Å². The Morgan fingerprint density at radius 3 is 2.69 bits per heavy atom. The van der Waals surface area contributed by atoms with Crippen molar-refractivity contribution >= 4 is 24.9 Å². The van der Waals surface area contributed by atoms with Crippen LogP contribution in [0, 0.1) is 0 Å². The molecule has 3 aromatic rings. The molecule has 2 heterocycles. The van der Waals surface area contributed by atoms with Crippen molar-refractivity contribution in [1.29, 1.82) is 0 Å². The zero-order chi connectivity index (χ0) is 21.0. The largest absolute Gasteiger partial charge is 0.493 e. The molecule has 0 spiro atoms. The van der Waals surface area contributed by atoms with Gasteiger partial charge in [0.05, 0.1) is 25.9 Å². The maximum atomic E-state index is 12.6. The van der Waals surface area contributed by atoms with Crippen molar-refractivity contribution in [2.75, 3.05) is 13.7 Å². The Labute approximate surface area is 170 Å². The molecule has 0 aliphatic rings. The molecule has 0 bridgehead atoms. The van der Waals surface area contributed by atoms with Crippen molar-refractivity contribution in [2.45, 2.75) is 32.0 Å². The van der Waals surface area contributed by atoms with Crippen molar-refractivity contribution in [2.24, 2.45) is 5.73 Å². The smallest absolute Gasteiger partial charge is 0.240 e. The van der Waals surface area contributed by atoms with E-state index in [4.69, 9.17) is 15.2 Å². The lowest BCUT2D eigenvalue weighted by Crippen LogP contribution is -2.51. The third-order valence-corrected chi connectivity index (χ3v) is 4.45. The van der Waals surface area contributed by atoms with Crippen LogP contribution in [0.4, 0.5) is 0 Å². The highest BCUT2D eigenvalue weighted by molar-refractivity contribution is 6.32. The van der Waals surface area contributed by atoms with Gasteiger partial charge in [-0.2, -0.15) is 0 Å². The molecule has 2 aromatic heterocycles. The first kappa shape index (κ1) is 20.8. The predicted molar refractivity (Wildman–Crippen MR) is 113 cm³/mol. The van der Waals surface area contributed by atoms with E-state index < -0.39 is 11.6 Å². The topological polar surface area (TPSA) is 104 Å². The van der Waals surface area contributed by atoms with E-state index in [9.17, 15) is 4.79 Å². The molecular weight excluding hydrogens is 369 g/mol. The number of aromatic nitrogens is 3. The highest BCUT2D eigenvalue weighted by Gasteiger charge is 2.28. The molecule has 0 radical (unpaired) electrons. The fourth-order valence-electron chi connectivity index (χ4n) is 2.89. The molecule has 0 saturated heterocycles. The number of nitrogens with one attached hydrogen (secondary N) is 1. The summed E-state index contributed by atoms with van der Waals surface area (Å²) in [5.74, 6) is 0.855. The highest BCUT2D eigenvalue weighted by Crippen LogP contribution is 2.21. The monoisotopic (exact) mass is 395 g/mol. The van der Waals surface area contributed by atoms with Gasteiger partial charge >= 0.3 is 0 Å². The van der Waals surface area contributed by atoms with E-state index in [1.54, 1.807) is 21.0 Å². The Hall–Kier alpha value is -2.91. The van der Waals surface area contributed by atoms with Gasteiger partial charge in [0, 0.05) is 6.20 Å². The number of carbonyl (C=O) groups excluding carboxylic acids is 1. The molecule has 152 valence electrons. The van der Waals surface area contributed by atoms with E-state index in [1.807, 2.05) is 54.8 Å². The number of hydrogen-bond donors (Lipinski definition) is 2. The highest BCUT2D eigenvalue weighted by atomic mass is 16.5. The quantitative estimate of drug-likeness (QED) is 0.525. The average Bonchev–Trinajstić information content (AvgIpc) is 3.10. The van der Waals surface area contributed by atoms with E-state index in [0.717, 1.165) is 11.0 Å². The lowest BCUT2D eigenvalue weighted by Gasteiger charge is -2.23. The Morgan fingerprint density at radius 2 is 2.03 bits per heavy atom. The van der Waals surface area contributed by atoms with Crippen molar-refractivity contribution in [3.05, 3.63) is 54.0 Å². The van der Waals surface area contributed by atoms with Crippen LogP contribution in [-0.4, -0.2) is 47.6 Å². The van der Waals surface area contributed by atoms with Crippen LogP contribution in [0.5, 0.6) is 5.75 Å². The van der Waals surface area contributed by atoms with Gasteiger partial charge in [0.25, 0.3) is 0 Å². The molecule has 1 amide bonds. The summed E-state index contributed by atoms with van der Waals surface area (Å²) in [5.41, 5.74) is 7.52. The van der Waals surface area contributed by atoms with Crippen LogP contribution in [0.15, 0.2) is 42.6 Å². The molecule has 3 N–H and O–H groups in total. The molecule has 8 nitrogen and oxygen atoms in total. The second kappa shape index (κ2) is 8.63. The summed E-state index contributed by atoms with van der Waals surface area (Å²) >= 11 is 0. The van der Waals surface area contributed by atoms with Gasteiger partial charge in [-0.3, -0.25) is 9.20 Å². The maximum Gasteiger partial charge on any atom is 0.240 e. The number of nitrogens with zero attached hydrogens (tertiary/aromatic N) is 3. The second-order valence-corrected chi connectivity index (χ2v) is 7.59.